The molecule has 2 amide bonds. The van der Waals surface area contributed by atoms with Gasteiger partial charge in [-0.15, -0.1) is 5.10 Å². The number of amides is 2. The molecule has 8 nitrogen and oxygen atoms in total. The zero-order valence-electron chi connectivity index (χ0n) is 18.1. The van der Waals surface area contributed by atoms with E-state index in [1.807, 2.05) is 30.3 Å². The molecule has 1 saturated heterocycles. The quantitative estimate of drug-likeness (QED) is 0.673. The van der Waals surface area contributed by atoms with E-state index in [0.717, 1.165) is 24.2 Å². The van der Waals surface area contributed by atoms with Gasteiger partial charge >= 0.3 is 0 Å². The van der Waals surface area contributed by atoms with E-state index in [0.29, 0.717) is 13.1 Å². The van der Waals surface area contributed by atoms with Crippen LogP contribution in [0.15, 0.2) is 54.6 Å². The topological polar surface area (TPSA) is 83.4 Å². The molecule has 2 aliphatic rings. The summed E-state index contributed by atoms with van der Waals surface area (Å²) in [5.74, 6) is -0.648. The summed E-state index contributed by atoms with van der Waals surface area (Å²) in [5, 5.41) is 11.1. The van der Waals surface area contributed by atoms with Crippen LogP contribution in [0, 0.1) is 0 Å². The summed E-state index contributed by atoms with van der Waals surface area (Å²) in [6, 6.07) is 17.8. The van der Waals surface area contributed by atoms with E-state index in [1.165, 1.54) is 23.2 Å². The third kappa shape index (κ3) is 3.84. The van der Waals surface area contributed by atoms with Crippen molar-refractivity contribution >= 4 is 17.5 Å². The van der Waals surface area contributed by atoms with Gasteiger partial charge in [0, 0.05) is 32.4 Å². The summed E-state index contributed by atoms with van der Waals surface area (Å²) in [4.78, 5) is 29.8. The van der Waals surface area contributed by atoms with Gasteiger partial charge in [-0.25, -0.2) is 4.68 Å². The monoisotopic (exact) mass is 430 g/mol. The molecule has 5 rings (SSSR count). The number of rotatable bonds is 5. The predicted molar refractivity (Wildman–Crippen MR) is 120 cm³/mol. The number of nitrogens with zero attached hydrogens (tertiary/aromatic N) is 5. The maximum Gasteiger partial charge on any atom is 0.276 e. The first-order chi connectivity index (χ1) is 15.6. The van der Waals surface area contributed by atoms with Gasteiger partial charge in [0.25, 0.3) is 11.8 Å². The molecule has 0 bridgehead atoms. The Morgan fingerprint density at radius 2 is 1.81 bits per heavy atom. The van der Waals surface area contributed by atoms with Crippen LogP contribution in [0.1, 0.15) is 51.0 Å². The number of fused-ring (bicyclic) bond motifs is 1. The maximum atomic E-state index is 13.1. The molecule has 1 N–H and O–H groups in total. The Hall–Kier alpha value is -3.68. The first kappa shape index (κ1) is 20.2. The number of nitrogens with one attached hydrogen (secondary N) is 1. The fourth-order valence-electron chi connectivity index (χ4n) is 4.44. The third-order valence-corrected chi connectivity index (χ3v) is 6.19. The summed E-state index contributed by atoms with van der Waals surface area (Å²) in [7, 11) is 1.72. The molecule has 0 unspecified atom stereocenters. The second kappa shape index (κ2) is 8.45. The Morgan fingerprint density at radius 1 is 1.09 bits per heavy atom. The standard InChI is InChI=1S/C24H26N6O2/c1-28(15-17-9-11-19(12-10-17)29-13-5-6-14-29)24(32)21-22-23(31)25-20(16-30(22)27-26-21)18-7-3-2-4-8-18/h2-4,7-12,20H,5-6,13-16H2,1H3,(H,25,31)/t20-/m1/s1. The summed E-state index contributed by atoms with van der Waals surface area (Å²) in [5.41, 5.74) is 3.55. The lowest BCUT2D eigenvalue weighted by molar-refractivity contribution is 0.0767. The largest absolute Gasteiger partial charge is 0.372 e. The Bertz CT molecular complexity index is 1120. The summed E-state index contributed by atoms with van der Waals surface area (Å²) in [6.45, 7) is 3.07. The molecule has 164 valence electrons. The Labute approximate surface area is 186 Å². The number of hydrogen-bond acceptors (Lipinski definition) is 5. The Kier molecular flexibility index (Phi) is 5.34. The van der Waals surface area contributed by atoms with Crippen molar-refractivity contribution in [1.82, 2.24) is 25.2 Å². The number of anilines is 1. The molecular formula is C24H26N6O2. The predicted octanol–water partition coefficient (Wildman–Crippen LogP) is 2.64. The Balaban J connectivity index is 1.29. The fraction of sp³-hybridized carbons (Fsp3) is 0.333. The van der Waals surface area contributed by atoms with E-state index < -0.39 is 0 Å². The lowest BCUT2D eigenvalue weighted by Gasteiger charge is -2.25. The van der Waals surface area contributed by atoms with Gasteiger partial charge in [0.1, 0.15) is 0 Å². The first-order valence-corrected chi connectivity index (χ1v) is 11.0. The molecule has 1 atom stereocenters. The van der Waals surface area contributed by atoms with Crippen molar-refractivity contribution in [3.05, 3.63) is 77.1 Å². The van der Waals surface area contributed by atoms with Crippen molar-refractivity contribution in [2.24, 2.45) is 0 Å². The van der Waals surface area contributed by atoms with Crippen LogP contribution in [-0.4, -0.2) is 51.8 Å². The van der Waals surface area contributed by atoms with Gasteiger partial charge in [-0.2, -0.15) is 0 Å². The molecule has 0 spiro atoms. The molecule has 1 fully saturated rings. The molecule has 2 aliphatic heterocycles. The molecular weight excluding hydrogens is 404 g/mol. The highest BCUT2D eigenvalue weighted by Crippen LogP contribution is 2.23. The van der Waals surface area contributed by atoms with Gasteiger partial charge in [-0.1, -0.05) is 47.7 Å². The van der Waals surface area contributed by atoms with Crippen molar-refractivity contribution in [3.8, 4) is 0 Å². The van der Waals surface area contributed by atoms with Gasteiger partial charge in [0.15, 0.2) is 11.4 Å². The van der Waals surface area contributed by atoms with Gasteiger partial charge < -0.3 is 15.1 Å². The zero-order valence-corrected chi connectivity index (χ0v) is 18.1. The lowest BCUT2D eigenvalue weighted by atomic mass is 10.0. The summed E-state index contributed by atoms with van der Waals surface area (Å²) >= 11 is 0. The number of benzene rings is 2. The highest BCUT2D eigenvalue weighted by Gasteiger charge is 2.33. The molecule has 0 saturated carbocycles. The van der Waals surface area contributed by atoms with Crippen molar-refractivity contribution in [2.45, 2.75) is 32.0 Å². The van der Waals surface area contributed by atoms with Crippen LogP contribution in [0.4, 0.5) is 5.69 Å². The molecule has 32 heavy (non-hydrogen) atoms. The second-order valence-electron chi connectivity index (χ2n) is 8.43. The normalized spacial score (nSPS) is 17.7. The number of carbonyl (C=O) groups excluding carboxylic acids is 2. The highest BCUT2D eigenvalue weighted by molar-refractivity contribution is 6.05. The minimum atomic E-state index is -0.332. The van der Waals surface area contributed by atoms with E-state index in [2.05, 4.69) is 44.8 Å². The SMILES string of the molecule is CN(Cc1ccc(N2CCCC2)cc1)C(=O)c1nnn2c1C(=O)N[C@@H](c1ccccc1)C2. The van der Waals surface area contributed by atoms with Crippen molar-refractivity contribution in [3.63, 3.8) is 0 Å². The van der Waals surface area contributed by atoms with E-state index in [-0.39, 0.29) is 29.2 Å². The molecule has 3 heterocycles. The van der Waals surface area contributed by atoms with Crippen LogP contribution >= 0.6 is 0 Å². The molecule has 0 radical (unpaired) electrons. The average Bonchev–Trinajstić information content (AvgIpc) is 3.50. The summed E-state index contributed by atoms with van der Waals surface area (Å²) in [6.07, 6.45) is 2.48. The van der Waals surface area contributed by atoms with Crippen LogP contribution in [0.3, 0.4) is 0 Å². The molecule has 2 aromatic carbocycles. The van der Waals surface area contributed by atoms with Crippen LogP contribution in [0.25, 0.3) is 0 Å². The van der Waals surface area contributed by atoms with Crippen molar-refractivity contribution in [2.75, 3.05) is 25.0 Å². The van der Waals surface area contributed by atoms with E-state index >= 15 is 0 Å². The van der Waals surface area contributed by atoms with E-state index in [4.69, 9.17) is 0 Å². The smallest absolute Gasteiger partial charge is 0.276 e. The lowest BCUT2D eigenvalue weighted by Crippen LogP contribution is -2.40. The molecule has 0 aliphatic carbocycles. The molecule has 8 heteroatoms. The van der Waals surface area contributed by atoms with Crippen molar-refractivity contribution < 1.29 is 9.59 Å². The maximum absolute atomic E-state index is 13.1. The minimum absolute atomic E-state index is 0.0881. The van der Waals surface area contributed by atoms with Gasteiger partial charge in [-0.3, -0.25) is 9.59 Å². The van der Waals surface area contributed by atoms with E-state index in [1.54, 1.807) is 11.9 Å². The molecule has 3 aromatic rings. The van der Waals surface area contributed by atoms with Crippen LogP contribution in [-0.2, 0) is 13.1 Å². The Morgan fingerprint density at radius 3 is 2.53 bits per heavy atom. The average molecular weight is 431 g/mol. The second-order valence-corrected chi connectivity index (χ2v) is 8.43. The number of hydrogen-bond donors (Lipinski definition) is 1. The van der Waals surface area contributed by atoms with Gasteiger partial charge in [0.2, 0.25) is 0 Å². The zero-order chi connectivity index (χ0) is 22.1. The van der Waals surface area contributed by atoms with Crippen LogP contribution in [0.5, 0.6) is 0 Å². The van der Waals surface area contributed by atoms with Crippen LogP contribution < -0.4 is 10.2 Å². The minimum Gasteiger partial charge on any atom is -0.372 e. The number of carbonyl (C=O) groups is 2. The first-order valence-electron chi connectivity index (χ1n) is 11.0. The summed E-state index contributed by atoms with van der Waals surface area (Å²) < 4.78 is 1.53. The van der Waals surface area contributed by atoms with Crippen LogP contribution in [0.2, 0.25) is 0 Å². The van der Waals surface area contributed by atoms with Gasteiger partial charge in [0.05, 0.1) is 12.6 Å². The highest BCUT2D eigenvalue weighted by atomic mass is 16.2. The number of aromatic nitrogens is 3. The molecule has 1 aromatic heterocycles. The van der Waals surface area contributed by atoms with E-state index in [9.17, 15) is 9.59 Å². The third-order valence-electron chi connectivity index (χ3n) is 6.19. The van der Waals surface area contributed by atoms with Gasteiger partial charge in [-0.05, 0) is 36.1 Å². The fourth-order valence-corrected chi connectivity index (χ4v) is 4.44. The van der Waals surface area contributed by atoms with Crippen molar-refractivity contribution in [1.29, 1.82) is 0 Å².